The van der Waals surface area contributed by atoms with Gasteiger partial charge in [-0.05, 0) is 48.5 Å². The molecule has 2 heterocycles. The molecule has 0 saturated heterocycles. The predicted octanol–water partition coefficient (Wildman–Crippen LogP) is 2.77. The molecule has 8 heteroatoms. The van der Waals surface area contributed by atoms with Crippen LogP contribution in [0.4, 0.5) is 17.2 Å². The molecule has 0 saturated carbocycles. The molecule has 4 rings (SSSR count). The number of rotatable bonds is 5. The lowest BCUT2D eigenvalue weighted by Gasteiger charge is -2.15. The maximum absolute atomic E-state index is 12.5. The van der Waals surface area contributed by atoms with Gasteiger partial charge in [0, 0.05) is 11.9 Å². The smallest absolute Gasteiger partial charge is 0.262 e. The normalized spacial score (nSPS) is 12.6. The monoisotopic (exact) mass is 388 g/mol. The number of hydrogen-bond acceptors (Lipinski definition) is 6. The van der Waals surface area contributed by atoms with Gasteiger partial charge in [-0.3, -0.25) is 19.3 Å². The summed E-state index contributed by atoms with van der Waals surface area (Å²) in [6.45, 7) is -0.403. The van der Waals surface area contributed by atoms with E-state index in [1.54, 1.807) is 54.7 Å². The Balaban J connectivity index is 1.48. The van der Waals surface area contributed by atoms with Crippen LogP contribution in [-0.4, -0.2) is 39.3 Å². The van der Waals surface area contributed by atoms with E-state index in [9.17, 15) is 19.5 Å². The second-order valence-electron chi connectivity index (χ2n) is 6.36. The van der Waals surface area contributed by atoms with Gasteiger partial charge in [0.1, 0.15) is 12.3 Å². The number of carbonyl (C=O) groups is 3. The lowest BCUT2D eigenvalue weighted by atomic mass is 10.1. The summed E-state index contributed by atoms with van der Waals surface area (Å²) in [5.41, 5.74) is 1.64. The van der Waals surface area contributed by atoms with E-state index >= 15 is 0 Å². The lowest BCUT2D eigenvalue weighted by molar-refractivity contribution is -0.116. The lowest BCUT2D eigenvalue weighted by Crippen LogP contribution is -2.37. The van der Waals surface area contributed by atoms with Crippen molar-refractivity contribution in [3.05, 3.63) is 78.0 Å². The largest absolute Gasteiger partial charge is 0.508 e. The van der Waals surface area contributed by atoms with Crippen LogP contribution in [0.2, 0.25) is 0 Å². The Morgan fingerprint density at radius 3 is 2.24 bits per heavy atom. The molecule has 29 heavy (non-hydrogen) atoms. The van der Waals surface area contributed by atoms with Crippen LogP contribution in [0.25, 0.3) is 0 Å². The van der Waals surface area contributed by atoms with Crippen LogP contribution in [0.5, 0.6) is 5.75 Å². The number of carbonyl (C=O) groups excluding carboxylic acids is 3. The van der Waals surface area contributed by atoms with E-state index in [1.165, 1.54) is 12.1 Å². The van der Waals surface area contributed by atoms with Gasteiger partial charge in [-0.1, -0.05) is 12.1 Å². The fourth-order valence-corrected chi connectivity index (χ4v) is 3.00. The molecule has 0 aliphatic carbocycles. The highest BCUT2D eigenvalue weighted by Crippen LogP contribution is 2.25. The Hall–Kier alpha value is -4.20. The Morgan fingerprint density at radius 1 is 0.931 bits per heavy atom. The molecule has 0 spiro atoms. The highest BCUT2D eigenvalue weighted by Gasteiger charge is 2.36. The second kappa shape index (κ2) is 7.43. The number of aromatic hydroxyl groups is 1. The summed E-state index contributed by atoms with van der Waals surface area (Å²) in [6.07, 6.45) is 1.56. The molecule has 0 atom stereocenters. The van der Waals surface area contributed by atoms with Crippen molar-refractivity contribution < 1.29 is 19.5 Å². The maximum Gasteiger partial charge on any atom is 0.262 e. The van der Waals surface area contributed by atoms with Crippen molar-refractivity contribution >= 4 is 34.9 Å². The van der Waals surface area contributed by atoms with E-state index in [-0.39, 0.29) is 5.75 Å². The molecule has 1 aromatic heterocycles. The summed E-state index contributed by atoms with van der Waals surface area (Å²) in [5, 5.41) is 15.1. The van der Waals surface area contributed by atoms with Gasteiger partial charge in [0.05, 0.1) is 16.8 Å². The maximum atomic E-state index is 12.5. The molecule has 3 aromatic rings. The van der Waals surface area contributed by atoms with Gasteiger partial charge in [0.2, 0.25) is 5.91 Å². The zero-order chi connectivity index (χ0) is 20.4. The number of nitrogens with one attached hydrogen (secondary N) is 2. The van der Waals surface area contributed by atoms with E-state index in [1.807, 2.05) is 0 Å². The van der Waals surface area contributed by atoms with E-state index in [0.29, 0.717) is 28.3 Å². The first-order valence-electron chi connectivity index (χ1n) is 8.79. The van der Waals surface area contributed by atoms with Gasteiger partial charge in [-0.2, -0.15) is 0 Å². The summed E-state index contributed by atoms with van der Waals surface area (Å²) in [6, 6.07) is 16.1. The molecular formula is C21H16N4O4. The number of imide groups is 1. The van der Waals surface area contributed by atoms with Gasteiger partial charge >= 0.3 is 0 Å². The third-order valence-electron chi connectivity index (χ3n) is 4.39. The average Bonchev–Trinajstić information content (AvgIpc) is 2.96. The number of amides is 3. The number of nitrogens with zero attached hydrogens (tertiary/aromatic N) is 2. The van der Waals surface area contributed by atoms with Crippen molar-refractivity contribution in [1.29, 1.82) is 0 Å². The molecule has 0 fully saturated rings. The van der Waals surface area contributed by atoms with Gasteiger partial charge in [0.15, 0.2) is 5.82 Å². The summed E-state index contributed by atoms with van der Waals surface area (Å²) >= 11 is 0. The number of phenols is 1. The topological polar surface area (TPSA) is 112 Å². The van der Waals surface area contributed by atoms with Crippen LogP contribution in [0.15, 0.2) is 66.9 Å². The molecule has 1 aliphatic rings. The molecule has 3 N–H and O–H groups in total. The van der Waals surface area contributed by atoms with Crippen LogP contribution in [-0.2, 0) is 4.79 Å². The average molecular weight is 388 g/mol. The van der Waals surface area contributed by atoms with Crippen LogP contribution in [0.3, 0.4) is 0 Å². The van der Waals surface area contributed by atoms with Crippen LogP contribution in [0, 0.1) is 0 Å². The Morgan fingerprint density at radius 2 is 1.59 bits per heavy atom. The van der Waals surface area contributed by atoms with Gasteiger partial charge in [-0.25, -0.2) is 4.98 Å². The molecule has 2 aromatic carbocycles. The Bertz CT molecular complexity index is 1080. The van der Waals surface area contributed by atoms with Gasteiger partial charge in [0.25, 0.3) is 11.8 Å². The number of fused-ring (bicyclic) bond motifs is 1. The first-order valence-corrected chi connectivity index (χ1v) is 8.79. The molecule has 144 valence electrons. The standard InChI is InChI=1S/C21H16N4O4/c26-14-9-7-13(8-10-14)23-19-17(6-3-11-22-19)24-18(27)12-25-20(28)15-4-1-2-5-16(15)21(25)29/h1-11,26H,12H2,(H,22,23)(H,24,27). The SMILES string of the molecule is O=C(CN1C(=O)c2ccccc2C1=O)Nc1cccnc1Nc1ccc(O)cc1. The van der Waals surface area contributed by atoms with Crippen molar-refractivity contribution in [1.82, 2.24) is 9.88 Å². The van der Waals surface area contributed by atoms with Crippen molar-refractivity contribution in [2.45, 2.75) is 0 Å². The molecule has 0 unspecified atom stereocenters. The molecule has 0 bridgehead atoms. The van der Waals surface area contributed by atoms with Crippen LogP contribution in [0.1, 0.15) is 20.7 Å². The van der Waals surface area contributed by atoms with Gasteiger partial charge < -0.3 is 15.7 Å². The molecule has 3 amide bonds. The number of anilines is 3. The molecule has 0 radical (unpaired) electrons. The van der Waals surface area contributed by atoms with Crippen molar-refractivity contribution in [3.63, 3.8) is 0 Å². The first kappa shape index (κ1) is 18.2. The summed E-state index contributed by atoms with van der Waals surface area (Å²) < 4.78 is 0. The van der Waals surface area contributed by atoms with E-state index in [0.717, 1.165) is 4.90 Å². The summed E-state index contributed by atoms with van der Waals surface area (Å²) in [7, 11) is 0. The minimum Gasteiger partial charge on any atom is -0.508 e. The number of hydrogen-bond donors (Lipinski definition) is 3. The minimum atomic E-state index is -0.527. The van der Waals surface area contributed by atoms with Crippen molar-refractivity contribution in [2.75, 3.05) is 17.2 Å². The zero-order valence-corrected chi connectivity index (χ0v) is 15.1. The summed E-state index contributed by atoms with van der Waals surface area (Å²) in [4.78, 5) is 42.5. The number of benzene rings is 2. The van der Waals surface area contributed by atoms with Crippen LogP contribution < -0.4 is 10.6 Å². The van der Waals surface area contributed by atoms with E-state index < -0.39 is 24.3 Å². The van der Waals surface area contributed by atoms with Crippen molar-refractivity contribution in [3.8, 4) is 5.75 Å². The third-order valence-corrected chi connectivity index (χ3v) is 4.39. The second-order valence-corrected chi connectivity index (χ2v) is 6.36. The Kier molecular flexibility index (Phi) is 4.66. The zero-order valence-electron chi connectivity index (χ0n) is 15.1. The fourth-order valence-electron chi connectivity index (χ4n) is 3.00. The fraction of sp³-hybridized carbons (Fsp3) is 0.0476. The molecule has 8 nitrogen and oxygen atoms in total. The molecule has 1 aliphatic heterocycles. The summed E-state index contributed by atoms with van der Waals surface area (Å²) in [5.74, 6) is -0.995. The minimum absolute atomic E-state index is 0.131. The van der Waals surface area contributed by atoms with Gasteiger partial charge in [-0.15, -0.1) is 0 Å². The Labute approximate surface area is 165 Å². The first-order chi connectivity index (χ1) is 14.0. The third kappa shape index (κ3) is 3.63. The van der Waals surface area contributed by atoms with E-state index in [4.69, 9.17) is 0 Å². The number of pyridine rings is 1. The number of phenolic OH excluding ortho intramolecular Hbond substituents is 1. The number of aromatic nitrogens is 1. The van der Waals surface area contributed by atoms with E-state index in [2.05, 4.69) is 15.6 Å². The predicted molar refractivity (Wildman–Crippen MR) is 106 cm³/mol. The molecular weight excluding hydrogens is 372 g/mol. The highest BCUT2D eigenvalue weighted by molar-refractivity contribution is 6.22. The van der Waals surface area contributed by atoms with Crippen LogP contribution >= 0.6 is 0 Å². The van der Waals surface area contributed by atoms with Crippen molar-refractivity contribution in [2.24, 2.45) is 0 Å². The highest BCUT2D eigenvalue weighted by atomic mass is 16.3. The quantitative estimate of drug-likeness (QED) is 0.458.